The Bertz CT molecular complexity index is 1070. The molecule has 0 N–H and O–H groups in total. The molecule has 0 radical (unpaired) electrons. The van der Waals surface area contributed by atoms with E-state index in [4.69, 9.17) is 0 Å². The van der Waals surface area contributed by atoms with Crippen molar-refractivity contribution in [3.05, 3.63) is 62.5 Å². The van der Waals surface area contributed by atoms with Gasteiger partial charge in [-0.1, -0.05) is 31.2 Å². The zero-order chi connectivity index (χ0) is 19.7. The minimum Gasteiger partial charge on any atom is -0.340 e. The lowest BCUT2D eigenvalue weighted by atomic mass is 9.97. The van der Waals surface area contributed by atoms with E-state index in [1.54, 1.807) is 23.3 Å². The van der Waals surface area contributed by atoms with Gasteiger partial charge < -0.3 is 4.90 Å². The highest BCUT2D eigenvalue weighted by Crippen LogP contribution is 2.33. The minimum absolute atomic E-state index is 0.0237. The van der Waals surface area contributed by atoms with Crippen LogP contribution in [0.1, 0.15) is 41.3 Å². The molecule has 1 aliphatic carbocycles. The van der Waals surface area contributed by atoms with E-state index < -0.39 is 0 Å². The second-order valence-corrected chi connectivity index (χ2v) is 8.57. The largest absolute Gasteiger partial charge is 0.340 e. The molecule has 0 spiro atoms. The highest BCUT2D eigenvalue weighted by atomic mass is 32.1. The molecule has 1 amide bonds. The molecule has 4 rings (SSSR count). The summed E-state index contributed by atoms with van der Waals surface area (Å²) in [5.74, 6) is -0.0908. The third-order valence-corrected chi connectivity index (χ3v) is 6.72. The molecular weight excluding hydrogens is 370 g/mol. The first-order valence-corrected chi connectivity index (χ1v) is 10.7. The maximum absolute atomic E-state index is 13.0. The highest BCUT2D eigenvalue weighted by Gasteiger charge is 2.21. The van der Waals surface area contributed by atoms with Gasteiger partial charge in [-0.3, -0.25) is 14.2 Å². The number of likely N-dealkylation sites (N-methyl/N-ethyl adjacent to an activating group) is 1. The lowest BCUT2D eigenvalue weighted by Gasteiger charge is -2.18. The first-order valence-electron chi connectivity index (χ1n) is 9.88. The summed E-state index contributed by atoms with van der Waals surface area (Å²) in [6.45, 7) is 2.68. The minimum atomic E-state index is -0.0908. The predicted molar refractivity (Wildman–Crippen MR) is 113 cm³/mol. The number of benzene rings is 1. The number of carbonyl (C=O) groups is 1. The van der Waals surface area contributed by atoms with Crippen LogP contribution in [-0.2, 0) is 37.1 Å². The molecule has 1 aliphatic rings. The lowest BCUT2D eigenvalue weighted by molar-refractivity contribution is -0.131. The standard InChI is InChI=1S/C22H25N3O2S/c1-3-15-8-10-16(11-9-15)12-24(2)19(26)13-25-14-23-21-20(22(25)27)17-6-4-5-7-18(17)28-21/h8-11,14H,3-7,12-13H2,1-2H3. The van der Waals surface area contributed by atoms with Crippen LogP contribution in [0.3, 0.4) is 0 Å². The molecule has 0 bridgehead atoms. The Hall–Kier alpha value is -2.47. The van der Waals surface area contributed by atoms with Gasteiger partial charge in [0.05, 0.1) is 11.7 Å². The van der Waals surface area contributed by atoms with Crippen LogP contribution in [0.15, 0.2) is 35.4 Å². The average molecular weight is 396 g/mol. The maximum Gasteiger partial charge on any atom is 0.262 e. The van der Waals surface area contributed by atoms with Crippen LogP contribution >= 0.6 is 11.3 Å². The van der Waals surface area contributed by atoms with Crippen LogP contribution in [0.25, 0.3) is 10.2 Å². The number of hydrogen-bond donors (Lipinski definition) is 0. The summed E-state index contributed by atoms with van der Waals surface area (Å²) >= 11 is 1.63. The summed E-state index contributed by atoms with van der Waals surface area (Å²) in [5, 5.41) is 0.729. The third-order valence-electron chi connectivity index (χ3n) is 5.52. The van der Waals surface area contributed by atoms with Crippen LogP contribution in [0.2, 0.25) is 0 Å². The molecule has 5 nitrogen and oxygen atoms in total. The quantitative estimate of drug-likeness (QED) is 0.664. The normalized spacial score (nSPS) is 13.5. The van der Waals surface area contributed by atoms with E-state index in [-0.39, 0.29) is 18.0 Å². The number of aromatic nitrogens is 2. The van der Waals surface area contributed by atoms with Crippen molar-refractivity contribution in [2.45, 2.75) is 52.1 Å². The molecule has 6 heteroatoms. The van der Waals surface area contributed by atoms with Gasteiger partial charge in [0.1, 0.15) is 11.4 Å². The van der Waals surface area contributed by atoms with Gasteiger partial charge in [0, 0.05) is 18.5 Å². The fraction of sp³-hybridized carbons (Fsp3) is 0.409. The highest BCUT2D eigenvalue weighted by molar-refractivity contribution is 7.18. The summed E-state index contributed by atoms with van der Waals surface area (Å²) in [4.78, 5) is 33.9. The third kappa shape index (κ3) is 3.61. The number of hydrogen-bond acceptors (Lipinski definition) is 4. The number of nitrogens with zero attached hydrogens (tertiary/aromatic N) is 3. The SMILES string of the molecule is CCc1ccc(CN(C)C(=O)Cn2cnc3sc4c(c3c2=O)CCCC4)cc1. The van der Waals surface area contributed by atoms with Crippen molar-refractivity contribution in [1.29, 1.82) is 0 Å². The van der Waals surface area contributed by atoms with E-state index in [0.29, 0.717) is 6.54 Å². The van der Waals surface area contributed by atoms with Gasteiger partial charge in [0.15, 0.2) is 0 Å². The first kappa shape index (κ1) is 18.9. The topological polar surface area (TPSA) is 55.2 Å². The van der Waals surface area contributed by atoms with Crippen molar-refractivity contribution >= 4 is 27.5 Å². The van der Waals surface area contributed by atoms with Crippen LogP contribution < -0.4 is 5.56 Å². The van der Waals surface area contributed by atoms with E-state index in [0.717, 1.165) is 47.0 Å². The molecule has 0 unspecified atom stereocenters. The Balaban J connectivity index is 1.52. The van der Waals surface area contributed by atoms with Crippen molar-refractivity contribution in [1.82, 2.24) is 14.5 Å². The number of aryl methyl sites for hydroxylation is 3. The van der Waals surface area contributed by atoms with Gasteiger partial charge >= 0.3 is 0 Å². The smallest absolute Gasteiger partial charge is 0.262 e. The van der Waals surface area contributed by atoms with E-state index in [1.807, 2.05) is 0 Å². The van der Waals surface area contributed by atoms with E-state index in [9.17, 15) is 9.59 Å². The number of carbonyl (C=O) groups excluding carboxylic acids is 1. The van der Waals surface area contributed by atoms with Gasteiger partial charge in [-0.25, -0.2) is 4.98 Å². The monoisotopic (exact) mass is 395 g/mol. The molecular formula is C22H25N3O2S. The molecule has 146 valence electrons. The second kappa shape index (κ2) is 7.87. The Labute approximate surface area is 168 Å². The Morgan fingerprint density at radius 1 is 1.18 bits per heavy atom. The average Bonchev–Trinajstić information content (AvgIpc) is 3.10. The van der Waals surface area contributed by atoms with Gasteiger partial charge in [-0.05, 0) is 48.8 Å². The molecule has 0 fully saturated rings. The summed E-state index contributed by atoms with van der Waals surface area (Å²) < 4.78 is 1.46. The van der Waals surface area contributed by atoms with Crippen molar-refractivity contribution in [3.8, 4) is 0 Å². The van der Waals surface area contributed by atoms with Crippen molar-refractivity contribution in [2.24, 2.45) is 0 Å². The van der Waals surface area contributed by atoms with Crippen LogP contribution in [0.4, 0.5) is 0 Å². The fourth-order valence-electron chi connectivity index (χ4n) is 3.80. The van der Waals surface area contributed by atoms with Crippen molar-refractivity contribution in [2.75, 3.05) is 7.05 Å². The Morgan fingerprint density at radius 2 is 1.89 bits per heavy atom. The summed E-state index contributed by atoms with van der Waals surface area (Å²) in [5.41, 5.74) is 3.44. The summed E-state index contributed by atoms with van der Waals surface area (Å²) in [7, 11) is 1.78. The van der Waals surface area contributed by atoms with E-state index >= 15 is 0 Å². The molecule has 0 atom stereocenters. The molecule has 0 saturated carbocycles. The van der Waals surface area contributed by atoms with Crippen molar-refractivity contribution < 1.29 is 4.79 Å². The second-order valence-electron chi connectivity index (χ2n) is 7.49. The zero-order valence-electron chi connectivity index (χ0n) is 16.4. The lowest BCUT2D eigenvalue weighted by Crippen LogP contribution is -2.33. The molecule has 28 heavy (non-hydrogen) atoms. The summed E-state index contributed by atoms with van der Waals surface area (Å²) in [6, 6.07) is 8.30. The van der Waals surface area contributed by atoms with Gasteiger partial charge in [0.2, 0.25) is 5.91 Å². The van der Waals surface area contributed by atoms with Gasteiger partial charge in [0.25, 0.3) is 5.56 Å². The number of amides is 1. The zero-order valence-corrected chi connectivity index (χ0v) is 17.2. The fourth-order valence-corrected chi connectivity index (χ4v) is 5.02. The Kier molecular flexibility index (Phi) is 5.31. The van der Waals surface area contributed by atoms with E-state index in [1.165, 1.54) is 27.8 Å². The number of rotatable bonds is 5. The van der Waals surface area contributed by atoms with Crippen LogP contribution in [-0.4, -0.2) is 27.4 Å². The first-order chi connectivity index (χ1) is 13.6. The number of thiophene rings is 1. The predicted octanol–water partition coefficient (Wildman–Crippen LogP) is 3.56. The van der Waals surface area contributed by atoms with Gasteiger partial charge in [-0.15, -0.1) is 11.3 Å². The molecule has 2 aromatic heterocycles. The van der Waals surface area contributed by atoms with Gasteiger partial charge in [-0.2, -0.15) is 0 Å². The molecule has 1 aromatic carbocycles. The summed E-state index contributed by atoms with van der Waals surface area (Å²) in [6.07, 6.45) is 6.79. The molecule has 2 heterocycles. The van der Waals surface area contributed by atoms with Crippen LogP contribution in [0, 0.1) is 0 Å². The van der Waals surface area contributed by atoms with Crippen LogP contribution in [0.5, 0.6) is 0 Å². The Morgan fingerprint density at radius 3 is 2.64 bits per heavy atom. The molecule has 3 aromatic rings. The van der Waals surface area contributed by atoms with Crippen molar-refractivity contribution in [3.63, 3.8) is 0 Å². The maximum atomic E-state index is 13.0. The molecule has 0 aliphatic heterocycles. The van der Waals surface area contributed by atoms with E-state index in [2.05, 4.69) is 36.2 Å². The molecule has 0 saturated heterocycles. The number of fused-ring (bicyclic) bond motifs is 3.